The van der Waals surface area contributed by atoms with E-state index in [-0.39, 0.29) is 6.42 Å². The van der Waals surface area contributed by atoms with Gasteiger partial charge in [0.1, 0.15) is 18.3 Å². The molecule has 188 valence electrons. The van der Waals surface area contributed by atoms with Crippen molar-refractivity contribution in [2.24, 2.45) is 0 Å². The number of phosphoric acid groups is 3. The van der Waals surface area contributed by atoms with Crippen LogP contribution in [-0.4, -0.2) is 72.2 Å². The van der Waals surface area contributed by atoms with Crippen LogP contribution in [0.4, 0.5) is 0 Å². The van der Waals surface area contributed by atoms with Crippen molar-refractivity contribution in [3.05, 3.63) is 33.1 Å². The highest BCUT2D eigenvalue weighted by Crippen LogP contribution is 2.68. The van der Waals surface area contributed by atoms with Gasteiger partial charge in [-0.1, -0.05) is 0 Å². The third kappa shape index (κ3) is 8.12. The molecule has 0 aliphatic carbocycles. The maximum Gasteiger partial charge on any atom is 0.490 e. The van der Waals surface area contributed by atoms with Gasteiger partial charge >= 0.3 is 29.2 Å². The number of hydrogen-bond donors (Lipinski definition) is 7. The van der Waals surface area contributed by atoms with Crippen molar-refractivity contribution in [2.75, 3.05) is 13.2 Å². The van der Waals surface area contributed by atoms with Gasteiger partial charge in [0.2, 0.25) is 0 Å². The van der Waals surface area contributed by atoms with Gasteiger partial charge in [0.05, 0.1) is 13.2 Å². The number of nitrogens with zero attached hydrogens (tertiary/aromatic N) is 1. The van der Waals surface area contributed by atoms with E-state index in [4.69, 9.17) is 24.5 Å². The summed E-state index contributed by atoms with van der Waals surface area (Å²) in [6.07, 6.45) is -4.97. The number of rotatable bonds is 12. The molecule has 4 unspecified atom stereocenters. The average molecular weight is 539 g/mol. The van der Waals surface area contributed by atoms with Gasteiger partial charge in [0.15, 0.2) is 6.23 Å². The van der Waals surface area contributed by atoms with Gasteiger partial charge in [-0.15, -0.1) is 0 Å². The highest BCUT2D eigenvalue weighted by Gasteiger charge is 2.47. The van der Waals surface area contributed by atoms with Crippen molar-refractivity contribution in [3.63, 3.8) is 0 Å². The van der Waals surface area contributed by atoms with Gasteiger partial charge in [0, 0.05) is 18.7 Å². The molecule has 0 radical (unpaired) electrons. The zero-order valence-corrected chi connectivity index (χ0v) is 19.0. The second-order valence-electron chi connectivity index (χ2n) is 6.26. The number of aliphatic hydroxyl groups excluding tert-OH is 2. The molecule has 0 amide bonds. The number of H-pyrrole nitrogens is 1. The maximum atomic E-state index is 12.7. The quantitative estimate of drug-likeness (QED) is 0.0910. The molecule has 1 aromatic rings. The Morgan fingerprint density at radius 3 is 2.36 bits per heavy atom. The van der Waals surface area contributed by atoms with Crippen molar-refractivity contribution in [3.8, 4) is 0 Å². The van der Waals surface area contributed by atoms with E-state index < -0.39 is 72.5 Å². The molecule has 1 aliphatic rings. The molecule has 1 aliphatic heterocycles. The van der Waals surface area contributed by atoms with Crippen molar-refractivity contribution in [1.82, 2.24) is 9.55 Å². The van der Waals surface area contributed by atoms with Crippen LogP contribution in [-0.2, 0) is 36.1 Å². The summed E-state index contributed by atoms with van der Waals surface area (Å²) in [7, 11) is -16.4. The van der Waals surface area contributed by atoms with Crippen molar-refractivity contribution in [2.45, 2.75) is 31.0 Å². The molecule has 18 nitrogen and oxygen atoms in total. The molecule has 2 rings (SSSR count). The number of aromatic amines is 1. The van der Waals surface area contributed by atoms with E-state index in [0.29, 0.717) is 0 Å². The SMILES string of the molecule is N=CCCOP(=O)(OC[C@@H]1O[C@H](n2ccc(=O)[nH]c2=O)C(O)C1O)OP(=O)(O)OP(=O)(O)O. The predicted octanol–water partition coefficient (Wildman–Crippen LogP) is -1.44. The van der Waals surface area contributed by atoms with Gasteiger partial charge in [-0.05, 0) is 6.21 Å². The summed E-state index contributed by atoms with van der Waals surface area (Å²) in [4.78, 5) is 51.7. The Labute approximate surface area is 183 Å². The van der Waals surface area contributed by atoms with E-state index in [1.807, 2.05) is 4.98 Å². The third-order valence-electron chi connectivity index (χ3n) is 3.78. The standard InChI is InChI=1S/C12H20N3O15P3/c13-3-1-5-26-33(25,30-32(23,24)29-31(20,21)22)27-6-7-9(17)10(18)11(28-7)15-4-2-8(16)14-12(15)19/h2-4,7,9-11,13,17-18H,1,5-6H2,(H,23,24)(H,14,16,19)(H2,20,21,22)/t7-,9?,10?,11-,33?/m0/s1. The topological polar surface area (TPSA) is 277 Å². The Bertz CT molecular complexity index is 1100. The monoisotopic (exact) mass is 539 g/mol. The van der Waals surface area contributed by atoms with Crippen LogP contribution >= 0.6 is 23.5 Å². The summed E-state index contributed by atoms with van der Waals surface area (Å²) < 4.78 is 58.4. The van der Waals surface area contributed by atoms with E-state index >= 15 is 0 Å². The molecular formula is C12H20N3O15P3. The Morgan fingerprint density at radius 1 is 1.12 bits per heavy atom. The van der Waals surface area contributed by atoms with E-state index in [1.54, 1.807) is 0 Å². The molecule has 0 spiro atoms. The van der Waals surface area contributed by atoms with Gasteiger partial charge in [-0.25, -0.2) is 18.5 Å². The number of nitrogens with one attached hydrogen (secondary N) is 2. The zero-order valence-electron chi connectivity index (χ0n) is 16.3. The lowest BCUT2D eigenvalue weighted by Crippen LogP contribution is -2.37. The van der Waals surface area contributed by atoms with Crippen molar-refractivity contribution in [1.29, 1.82) is 5.41 Å². The predicted molar refractivity (Wildman–Crippen MR) is 104 cm³/mol. The molecule has 33 heavy (non-hydrogen) atoms. The smallest absolute Gasteiger partial charge is 0.387 e. The van der Waals surface area contributed by atoms with Crippen molar-refractivity contribution >= 4 is 29.7 Å². The summed E-state index contributed by atoms with van der Waals surface area (Å²) in [5.74, 6) is 0. The summed E-state index contributed by atoms with van der Waals surface area (Å²) >= 11 is 0. The first kappa shape index (κ1) is 27.9. The maximum absolute atomic E-state index is 12.7. The minimum Gasteiger partial charge on any atom is -0.387 e. The van der Waals surface area contributed by atoms with Crippen LogP contribution in [0.25, 0.3) is 0 Å². The third-order valence-corrected chi connectivity index (χ3v) is 8.05. The Balaban J connectivity index is 2.16. The molecule has 0 aromatic carbocycles. The Morgan fingerprint density at radius 2 is 1.79 bits per heavy atom. The molecule has 1 aromatic heterocycles. The Kier molecular flexibility index (Phi) is 9.23. The number of ether oxygens (including phenoxy) is 1. The van der Waals surface area contributed by atoms with Gasteiger partial charge in [-0.3, -0.25) is 23.4 Å². The van der Waals surface area contributed by atoms with Crippen LogP contribution in [0.2, 0.25) is 0 Å². The number of aromatic nitrogens is 2. The Hall–Kier alpha value is -1.36. The van der Waals surface area contributed by atoms with Crippen LogP contribution in [0.1, 0.15) is 12.6 Å². The van der Waals surface area contributed by atoms with Gasteiger partial charge in [0.25, 0.3) is 5.56 Å². The van der Waals surface area contributed by atoms with Crippen LogP contribution in [0.5, 0.6) is 0 Å². The van der Waals surface area contributed by atoms with Crippen LogP contribution in [0, 0.1) is 5.41 Å². The second kappa shape index (κ2) is 10.9. The first-order chi connectivity index (χ1) is 15.2. The number of hydrogen-bond acceptors (Lipinski definition) is 13. The lowest BCUT2D eigenvalue weighted by atomic mass is 10.1. The normalized spacial score (nSPS) is 27.1. The summed E-state index contributed by atoms with van der Waals surface area (Å²) in [5, 5.41) is 27.2. The van der Waals surface area contributed by atoms with Crippen LogP contribution in [0.3, 0.4) is 0 Å². The molecular weight excluding hydrogens is 519 g/mol. The lowest BCUT2D eigenvalue weighted by Gasteiger charge is -2.22. The van der Waals surface area contributed by atoms with E-state index in [2.05, 4.69) is 13.1 Å². The van der Waals surface area contributed by atoms with Gasteiger partial charge in [-0.2, -0.15) is 8.62 Å². The van der Waals surface area contributed by atoms with Crippen LogP contribution < -0.4 is 11.2 Å². The van der Waals surface area contributed by atoms with Crippen molar-refractivity contribution < 1.29 is 61.0 Å². The molecule has 0 saturated carbocycles. The van der Waals surface area contributed by atoms with E-state index in [1.165, 1.54) is 0 Å². The molecule has 1 fully saturated rings. The average Bonchev–Trinajstić information content (AvgIpc) is 2.93. The van der Waals surface area contributed by atoms with E-state index in [9.17, 15) is 38.4 Å². The molecule has 0 bridgehead atoms. The highest BCUT2D eigenvalue weighted by molar-refractivity contribution is 7.66. The summed E-state index contributed by atoms with van der Waals surface area (Å²) in [6, 6.07) is 0.937. The van der Waals surface area contributed by atoms with Gasteiger partial charge < -0.3 is 35.0 Å². The second-order valence-corrected chi connectivity index (χ2v) is 10.9. The van der Waals surface area contributed by atoms with Crippen LogP contribution in [0.15, 0.2) is 21.9 Å². The summed E-state index contributed by atoms with van der Waals surface area (Å²) in [5.41, 5.74) is -1.73. The number of phosphoric ester groups is 1. The highest BCUT2D eigenvalue weighted by atomic mass is 31.3. The zero-order chi connectivity index (χ0) is 25.0. The fourth-order valence-corrected chi connectivity index (χ4v) is 6.06. The first-order valence-electron chi connectivity index (χ1n) is 8.68. The molecule has 6 atom stereocenters. The largest absolute Gasteiger partial charge is 0.490 e. The number of aliphatic hydroxyl groups is 2. The molecule has 2 heterocycles. The fourth-order valence-electron chi connectivity index (χ4n) is 2.47. The first-order valence-corrected chi connectivity index (χ1v) is 13.2. The molecule has 21 heteroatoms. The minimum atomic E-state index is -5.71. The lowest BCUT2D eigenvalue weighted by molar-refractivity contribution is -0.0550. The van der Waals surface area contributed by atoms with E-state index in [0.717, 1.165) is 23.0 Å². The fraction of sp³-hybridized carbons (Fsp3) is 0.583. The molecule has 1 saturated heterocycles. The minimum absolute atomic E-state index is 0.176. The molecule has 7 N–H and O–H groups in total. The summed E-state index contributed by atoms with van der Waals surface area (Å²) in [6.45, 7) is -1.52.